The van der Waals surface area contributed by atoms with E-state index >= 15 is 0 Å². The maximum absolute atomic E-state index is 11.9. The van der Waals surface area contributed by atoms with Crippen LogP contribution >= 0.6 is 0 Å². The number of hydrogen-bond donors (Lipinski definition) is 1. The number of hydrogen-bond acceptors (Lipinski definition) is 4. The Morgan fingerprint density at radius 1 is 1.35 bits per heavy atom. The van der Waals surface area contributed by atoms with Crippen LogP contribution in [0.25, 0.3) is 0 Å². The molecule has 0 bridgehead atoms. The van der Waals surface area contributed by atoms with Gasteiger partial charge in [-0.3, -0.25) is 0 Å². The Morgan fingerprint density at radius 2 is 2.15 bits per heavy atom. The van der Waals surface area contributed by atoms with Crippen LogP contribution in [0.1, 0.15) is 25.7 Å². The average Bonchev–Trinajstić information content (AvgIpc) is 2.92. The van der Waals surface area contributed by atoms with Gasteiger partial charge in [0.25, 0.3) is 0 Å². The molecule has 0 radical (unpaired) electrons. The van der Waals surface area contributed by atoms with Gasteiger partial charge in [-0.25, -0.2) is 17.7 Å². The number of aromatic nitrogens is 1. The minimum Gasteiger partial charge on any atom is -0.370 e. The smallest absolute Gasteiger partial charge is 0.244 e. The van der Waals surface area contributed by atoms with Crippen LogP contribution in [-0.4, -0.2) is 38.3 Å². The van der Waals surface area contributed by atoms with Crippen molar-refractivity contribution < 1.29 is 8.42 Å². The molecule has 1 aliphatic carbocycles. The van der Waals surface area contributed by atoms with Crippen molar-refractivity contribution in [3.63, 3.8) is 0 Å². The second-order valence-electron chi connectivity index (χ2n) is 5.10. The number of rotatable bonds is 6. The molecule has 20 heavy (non-hydrogen) atoms. The Morgan fingerprint density at radius 3 is 2.70 bits per heavy atom. The summed E-state index contributed by atoms with van der Waals surface area (Å²) in [5.41, 5.74) is 1.50. The third-order valence-electron chi connectivity index (χ3n) is 3.40. The quantitative estimate of drug-likeness (QED) is 0.818. The number of anilines is 1. The zero-order chi connectivity index (χ0) is 14.6. The van der Waals surface area contributed by atoms with E-state index in [0.717, 1.165) is 13.0 Å². The third-order valence-corrected chi connectivity index (χ3v) is 5.20. The molecular weight excluding hydrogens is 274 g/mol. The van der Waals surface area contributed by atoms with E-state index in [-0.39, 0.29) is 4.90 Å². The lowest BCUT2D eigenvalue weighted by molar-refractivity contribution is 0.520. The fourth-order valence-corrected chi connectivity index (χ4v) is 3.01. The van der Waals surface area contributed by atoms with Gasteiger partial charge >= 0.3 is 0 Å². The molecule has 0 spiro atoms. The van der Waals surface area contributed by atoms with Crippen molar-refractivity contribution in [1.82, 2.24) is 9.29 Å². The minimum atomic E-state index is -3.39. The van der Waals surface area contributed by atoms with Crippen LogP contribution in [0.3, 0.4) is 0 Å². The Balaban J connectivity index is 1.91. The first kappa shape index (κ1) is 15.0. The summed E-state index contributed by atoms with van der Waals surface area (Å²) in [5.74, 6) is 0.710. The topological polar surface area (TPSA) is 62.3 Å². The number of nitrogens with one attached hydrogen (secondary N) is 1. The predicted octanol–water partition coefficient (Wildman–Crippen LogP) is 2.24. The second kappa shape index (κ2) is 6.37. The highest BCUT2D eigenvalue weighted by atomic mass is 32.2. The number of nitrogens with zero attached hydrogens (tertiary/aromatic N) is 2. The van der Waals surface area contributed by atoms with E-state index in [1.165, 1.54) is 49.4 Å². The van der Waals surface area contributed by atoms with Crippen molar-refractivity contribution in [3.8, 4) is 0 Å². The van der Waals surface area contributed by atoms with Gasteiger partial charge in [0.1, 0.15) is 10.7 Å². The molecule has 0 aromatic carbocycles. The van der Waals surface area contributed by atoms with Crippen LogP contribution < -0.4 is 5.32 Å². The lowest BCUT2D eigenvalue weighted by Crippen LogP contribution is -2.22. The van der Waals surface area contributed by atoms with Gasteiger partial charge in [0.2, 0.25) is 10.0 Å². The first-order chi connectivity index (χ1) is 9.50. The highest BCUT2D eigenvalue weighted by Gasteiger charge is 2.17. The summed E-state index contributed by atoms with van der Waals surface area (Å²) >= 11 is 0. The van der Waals surface area contributed by atoms with E-state index in [9.17, 15) is 8.42 Å². The highest BCUT2D eigenvalue weighted by Crippen LogP contribution is 2.20. The van der Waals surface area contributed by atoms with E-state index in [1.807, 2.05) is 0 Å². The zero-order valence-electron chi connectivity index (χ0n) is 12.0. The van der Waals surface area contributed by atoms with Crippen molar-refractivity contribution in [2.24, 2.45) is 0 Å². The molecule has 0 saturated carbocycles. The fraction of sp³-hybridized carbons (Fsp3) is 0.500. The van der Waals surface area contributed by atoms with Gasteiger partial charge in [-0.1, -0.05) is 11.6 Å². The van der Waals surface area contributed by atoms with Crippen LogP contribution in [-0.2, 0) is 10.0 Å². The minimum absolute atomic E-state index is 0.214. The number of sulfonamides is 1. The predicted molar refractivity (Wildman–Crippen MR) is 80.2 cm³/mol. The maximum Gasteiger partial charge on any atom is 0.244 e. The largest absolute Gasteiger partial charge is 0.370 e. The van der Waals surface area contributed by atoms with Gasteiger partial charge in [0.15, 0.2) is 0 Å². The van der Waals surface area contributed by atoms with Crippen molar-refractivity contribution in [1.29, 1.82) is 0 Å². The van der Waals surface area contributed by atoms with Crippen LogP contribution in [0.2, 0.25) is 0 Å². The molecule has 1 aromatic heterocycles. The number of pyridine rings is 1. The first-order valence-corrected chi connectivity index (χ1v) is 8.24. The van der Waals surface area contributed by atoms with E-state index in [1.54, 1.807) is 12.1 Å². The summed E-state index contributed by atoms with van der Waals surface area (Å²) in [6.45, 7) is 0.832. The Kier molecular flexibility index (Phi) is 4.77. The highest BCUT2D eigenvalue weighted by molar-refractivity contribution is 7.89. The van der Waals surface area contributed by atoms with Gasteiger partial charge in [-0.05, 0) is 37.8 Å². The zero-order valence-corrected chi connectivity index (χ0v) is 12.8. The Hall–Kier alpha value is -1.40. The first-order valence-electron chi connectivity index (χ1n) is 6.80. The molecule has 0 aliphatic heterocycles. The summed E-state index contributed by atoms with van der Waals surface area (Å²) in [7, 11) is -0.372. The fourth-order valence-electron chi connectivity index (χ4n) is 2.16. The molecule has 0 fully saturated rings. The van der Waals surface area contributed by atoms with Gasteiger partial charge in [-0.2, -0.15) is 0 Å². The molecule has 0 amide bonds. The maximum atomic E-state index is 11.9. The summed E-state index contributed by atoms with van der Waals surface area (Å²) in [4.78, 5) is 4.37. The van der Waals surface area contributed by atoms with Crippen molar-refractivity contribution in [2.45, 2.75) is 30.6 Å². The molecule has 1 aromatic rings. The molecule has 5 nitrogen and oxygen atoms in total. The third kappa shape index (κ3) is 3.58. The van der Waals surface area contributed by atoms with Crippen LogP contribution in [0.4, 0.5) is 5.82 Å². The average molecular weight is 295 g/mol. The van der Waals surface area contributed by atoms with Gasteiger partial charge < -0.3 is 5.32 Å². The van der Waals surface area contributed by atoms with Crippen molar-refractivity contribution in [2.75, 3.05) is 26.0 Å². The Labute approximate surface area is 120 Å². The lowest BCUT2D eigenvalue weighted by atomic mass is 10.2. The van der Waals surface area contributed by atoms with E-state index < -0.39 is 10.0 Å². The normalized spacial score (nSPS) is 15.4. The number of allylic oxidation sites excluding steroid dienone is 1. The Bertz CT molecular complexity index is 577. The molecular formula is C14H21N3O2S. The van der Waals surface area contributed by atoms with Crippen molar-refractivity contribution in [3.05, 3.63) is 30.0 Å². The van der Waals surface area contributed by atoms with Gasteiger partial charge in [0.05, 0.1) is 0 Å². The molecule has 0 unspecified atom stereocenters. The van der Waals surface area contributed by atoms with Gasteiger partial charge in [0, 0.05) is 26.8 Å². The van der Waals surface area contributed by atoms with E-state index in [4.69, 9.17) is 0 Å². The summed E-state index contributed by atoms with van der Waals surface area (Å²) in [6.07, 6.45) is 8.40. The van der Waals surface area contributed by atoms with E-state index in [2.05, 4.69) is 16.4 Å². The molecule has 1 aliphatic rings. The lowest BCUT2D eigenvalue weighted by Gasteiger charge is -2.11. The molecule has 1 heterocycles. The molecule has 2 rings (SSSR count). The summed E-state index contributed by atoms with van der Waals surface area (Å²) in [5, 5.41) is 3.22. The summed E-state index contributed by atoms with van der Waals surface area (Å²) in [6, 6.07) is 3.29. The van der Waals surface area contributed by atoms with Gasteiger partial charge in [-0.15, -0.1) is 0 Å². The molecule has 110 valence electrons. The monoisotopic (exact) mass is 295 g/mol. The molecule has 0 saturated heterocycles. The van der Waals surface area contributed by atoms with Crippen LogP contribution in [0.15, 0.2) is 34.9 Å². The second-order valence-corrected chi connectivity index (χ2v) is 7.25. The molecule has 0 atom stereocenters. The summed E-state index contributed by atoms with van der Waals surface area (Å²) < 4.78 is 25.0. The SMILES string of the molecule is CN(C)S(=O)(=O)c1ccc(NCCC2=CCCC2)nc1. The van der Waals surface area contributed by atoms with Crippen LogP contribution in [0.5, 0.6) is 0 Å². The van der Waals surface area contributed by atoms with Crippen LogP contribution in [0, 0.1) is 0 Å². The molecule has 6 heteroatoms. The molecule has 1 N–H and O–H groups in total. The van der Waals surface area contributed by atoms with Crippen molar-refractivity contribution >= 4 is 15.8 Å². The van der Waals surface area contributed by atoms with E-state index in [0.29, 0.717) is 5.82 Å². The standard InChI is InChI=1S/C14H21N3O2S/c1-17(2)20(18,19)13-7-8-14(16-11-13)15-10-9-12-5-3-4-6-12/h5,7-8,11H,3-4,6,9-10H2,1-2H3,(H,15,16).